The number of rotatable bonds is 2. The van der Waals surface area contributed by atoms with Gasteiger partial charge in [0.2, 0.25) is 0 Å². The molecule has 78 valence electrons. The van der Waals surface area contributed by atoms with Crippen LogP contribution in [0.1, 0.15) is 0 Å². The van der Waals surface area contributed by atoms with Gasteiger partial charge in [-0.2, -0.15) is 5.10 Å². The molecule has 2 heterocycles. The zero-order valence-electron chi connectivity index (χ0n) is 8.55. The van der Waals surface area contributed by atoms with Crippen molar-refractivity contribution in [1.29, 1.82) is 0 Å². The normalized spacial score (nSPS) is 10.5. The monoisotopic (exact) mass is 226 g/mol. The lowest BCUT2D eigenvalue weighted by Gasteiger charge is -2.00. The summed E-state index contributed by atoms with van der Waals surface area (Å²) in [5, 5.41) is 9.28. The molecule has 1 N–H and O–H groups in total. The van der Waals surface area contributed by atoms with Gasteiger partial charge in [-0.25, -0.2) is 0 Å². The van der Waals surface area contributed by atoms with Gasteiger partial charge in [0.25, 0.3) is 0 Å². The molecule has 0 atom stereocenters. The van der Waals surface area contributed by atoms with E-state index in [2.05, 4.69) is 39.8 Å². The van der Waals surface area contributed by atoms with Gasteiger partial charge in [0.15, 0.2) is 0 Å². The lowest BCUT2D eigenvalue weighted by atomic mass is 10.1. The molecule has 2 aromatic heterocycles. The van der Waals surface area contributed by atoms with Crippen molar-refractivity contribution in [1.82, 2.24) is 10.2 Å². The Morgan fingerprint density at radius 1 is 1.00 bits per heavy atom. The van der Waals surface area contributed by atoms with Crippen LogP contribution in [-0.2, 0) is 0 Å². The van der Waals surface area contributed by atoms with Gasteiger partial charge >= 0.3 is 0 Å². The Morgan fingerprint density at radius 3 is 2.62 bits per heavy atom. The van der Waals surface area contributed by atoms with Crippen molar-refractivity contribution in [3.8, 4) is 21.7 Å². The van der Waals surface area contributed by atoms with E-state index in [0.717, 1.165) is 11.3 Å². The quantitative estimate of drug-likeness (QED) is 0.707. The number of nitrogens with one attached hydrogen (secondary N) is 1. The fourth-order valence-corrected chi connectivity index (χ4v) is 2.47. The van der Waals surface area contributed by atoms with E-state index in [1.54, 1.807) is 11.3 Å². The summed E-state index contributed by atoms with van der Waals surface area (Å²) in [4.78, 5) is 1.22. The molecule has 3 rings (SSSR count). The van der Waals surface area contributed by atoms with E-state index < -0.39 is 0 Å². The van der Waals surface area contributed by atoms with Crippen LogP contribution in [0.25, 0.3) is 21.7 Å². The molecule has 0 radical (unpaired) electrons. The van der Waals surface area contributed by atoms with Crippen molar-refractivity contribution < 1.29 is 0 Å². The highest BCUT2D eigenvalue weighted by molar-refractivity contribution is 7.13. The zero-order chi connectivity index (χ0) is 10.8. The Labute approximate surface area is 97.6 Å². The minimum Gasteiger partial charge on any atom is -0.276 e. The second-order valence-electron chi connectivity index (χ2n) is 3.50. The fourth-order valence-electron chi connectivity index (χ4n) is 1.73. The molecule has 0 bridgehead atoms. The Bertz CT molecular complexity index is 567. The maximum Gasteiger partial charge on any atom is 0.0828 e. The molecule has 0 saturated carbocycles. The van der Waals surface area contributed by atoms with Crippen molar-refractivity contribution in [2.75, 3.05) is 0 Å². The minimum atomic E-state index is 1.10. The van der Waals surface area contributed by atoms with E-state index in [9.17, 15) is 0 Å². The summed E-state index contributed by atoms with van der Waals surface area (Å²) in [6.07, 6.45) is 1.88. The Kier molecular flexibility index (Phi) is 2.31. The van der Waals surface area contributed by atoms with Gasteiger partial charge in [0.05, 0.1) is 16.8 Å². The van der Waals surface area contributed by atoms with Crippen LogP contribution in [0.2, 0.25) is 0 Å². The Morgan fingerprint density at radius 2 is 1.88 bits per heavy atom. The van der Waals surface area contributed by atoms with E-state index in [-0.39, 0.29) is 0 Å². The van der Waals surface area contributed by atoms with E-state index in [1.165, 1.54) is 10.4 Å². The third-order valence-electron chi connectivity index (χ3n) is 2.49. The van der Waals surface area contributed by atoms with Crippen LogP contribution in [0.5, 0.6) is 0 Å². The number of H-pyrrole nitrogens is 1. The summed E-state index contributed by atoms with van der Waals surface area (Å²) < 4.78 is 0. The van der Waals surface area contributed by atoms with Gasteiger partial charge in [-0.05, 0) is 17.0 Å². The highest BCUT2D eigenvalue weighted by Gasteiger charge is 2.09. The van der Waals surface area contributed by atoms with Crippen molar-refractivity contribution in [3.05, 3.63) is 54.0 Å². The summed E-state index contributed by atoms with van der Waals surface area (Å²) in [6, 6.07) is 14.5. The predicted octanol–water partition coefficient (Wildman–Crippen LogP) is 3.81. The van der Waals surface area contributed by atoms with Crippen LogP contribution >= 0.6 is 11.3 Å². The third kappa shape index (κ3) is 1.55. The largest absolute Gasteiger partial charge is 0.276 e. The number of thiophene rings is 1. The molecule has 1 aromatic carbocycles. The van der Waals surface area contributed by atoms with Crippen LogP contribution in [0.3, 0.4) is 0 Å². The topological polar surface area (TPSA) is 28.7 Å². The molecule has 0 aliphatic rings. The number of aromatic nitrogens is 2. The molecule has 0 fully saturated rings. The molecule has 0 saturated heterocycles. The van der Waals surface area contributed by atoms with E-state index in [4.69, 9.17) is 0 Å². The second kappa shape index (κ2) is 3.94. The van der Waals surface area contributed by atoms with Crippen molar-refractivity contribution in [2.45, 2.75) is 0 Å². The molecule has 0 aliphatic carbocycles. The first kappa shape index (κ1) is 9.36. The predicted molar refractivity (Wildman–Crippen MR) is 67.3 cm³/mol. The summed E-state index contributed by atoms with van der Waals surface area (Å²) in [5.41, 5.74) is 3.45. The van der Waals surface area contributed by atoms with Crippen molar-refractivity contribution >= 4 is 11.3 Å². The van der Waals surface area contributed by atoms with Crippen LogP contribution in [0.15, 0.2) is 54.0 Å². The second-order valence-corrected chi connectivity index (χ2v) is 4.45. The smallest absolute Gasteiger partial charge is 0.0828 e. The van der Waals surface area contributed by atoms with Crippen LogP contribution < -0.4 is 0 Å². The summed E-state index contributed by atoms with van der Waals surface area (Å²) in [7, 11) is 0. The molecular formula is C13H10N2S. The number of aromatic amines is 1. The highest BCUT2D eigenvalue weighted by atomic mass is 32.1. The standard InChI is InChI=1S/C13H10N2S/c1-2-5-10(6-3-1)11-9-14-15-13(11)12-7-4-8-16-12/h1-9H,(H,14,15). The van der Waals surface area contributed by atoms with Crippen molar-refractivity contribution in [2.24, 2.45) is 0 Å². The molecule has 0 spiro atoms. The first-order chi connectivity index (χ1) is 7.95. The molecule has 0 unspecified atom stereocenters. The SMILES string of the molecule is c1ccc(-c2cn[nH]c2-c2cccs2)cc1. The molecule has 3 heteroatoms. The van der Waals surface area contributed by atoms with Gasteiger partial charge in [-0.3, -0.25) is 5.10 Å². The van der Waals surface area contributed by atoms with Gasteiger partial charge in [0.1, 0.15) is 0 Å². The Hall–Kier alpha value is -1.87. The lowest BCUT2D eigenvalue weighted by Crippen LogP contribution is -1.78. The van der Waals surface area contributed by atoms with E-state index >= 15 is 0 Å². The molecular weight excluding hydrogens is 216 g/mol. The molecule has 0 aliphatic heterocycles. The fraction of sp³-hybridized carbons (Fsp3) is 0. The summed E-state index contributed by atoms with van der Waals surface area (Å²) >= 11 is 1.72. The summed E-state index contributed by atoms with van der Waals surface area (Å²) in [6.45, 7) is 0. The van der Waals surface area contributed by atoms with E-state index in [0.29, 0.717) is 0 Å². The van der Waals surface area contributed by atoms with Crippen LogP contribution in [-0.4, -0.2) is 10.2 Å². The highest BCUT2D eigenvalue weighted by Crippen LogP contribution is 2.32. The van der Waals surface area contributed by atoms with Gasteiger partial charge in [-0.1, -0.05) is 36.4 Å². The number of nitrogens with zero attached hydrogens (tertiary/aromatic N) is 1. The first-order valence-corrected chi connectivity index (χ1v) is 5.96. The maximum atomic E-state index is 4.14. The third-order valence-corrected chi connectivity index (χ3v) is 3.38. The average Bonchev–Trinajstić information content (AvgIpc) is 3.01. The number of benzene rings is 1. The molecule has 3 aromatic rings. The van der Waals surface area contributed by atoms with Gasteiger partial charge in [0, 0.05) is 5.56 Å². The molecule has 16 heavy (non-hydrogen) atoms. The molecule has 2 nitrogen and oxygen atoms in total. The van der Waals surface area contributed by atoms with Crippen molar-refractivity contribution in [3.63, 3.8) is 0 Å². The number of hydrogen-bond acceptors (Lipinski definition) is 2. The van der Waals surface area contributed by atoms with Crippen LogP contribution in [0.4, 0.5) is 0 Å². The lowest BCUT2D eigenvalue weighted by molar-refractivity contribution is 1.10. The zero-order valence-corrected chi connectivity index (χ0v) is 9.37. The van der Waals surface area contributed by atoms with Gasteiger partial charge in [-0.15, -0.1) is 11.3 Å². The minimum absolute atomic E-state index is 1.10. The average molecular weight is 226 g/mol. The number of hydrogen-bond donors (Lipinski definition) is 1. The van der Waals surface area contributed by atoms with E-state index in [1.807, 2.05) is 24.4 Å². The van der Waals surface area contributed by atoms with Crippen LogP contribution in [0, 0.1) is 0 Å². The Balaban J connectivity index is 2.14. The van der Waals surface area contributed by atoms with Gasteiger partial charge < -0.3 is 0 Å². The molecule has 0 amide bonds. The maximum absolute atomic E-state index is 4.14. The summed E-state index contributed by atoms with van der Waals surface area (Å²) in [5.74, 6) is 0. The first-order valence-electron chi connectivity index (χ1n) is 5.08.